The predicted molar refractivity (Wildman–Crippen MR) is 76.3 cm³/mol. The highest BCUT2D eigenvalue weighted by molar-refractivity contribution is 5.92. The van der Waals surface area contributed by atoms with Crippen molar-refractivity contribution in [1.82, 2.24) is 0 Å². The zero-order chi connectivity index (χ0) is 15.1. The molecule has 0 bridgehead atoms. The molecule has 0 saturated heterocycles. The van der Waals surface area contributed by atoms with E-state index < -0.39 is 5.82 Å². The Kier molecular flexibility index (Phi) is 4.89. The van der Waals surface area contributed by atoms with E-state index in [0.29, 0.717) is 17.0 Å². The lowest BCUT2D eigenvalue weighted by Crippen LogP contribution is -2.15. The predicted octanol–water partition coefficient (Wildman–Crippen LogP) is 2.91. The van der Waals surface area contributed by atoms with Gasteiger partial charge in [0.15, 0.2) is 6.61 Å². The Morgan fingerprint density at radius 3 is 2.57 bits per heavy atom. The summed E-state index contributed by atoms with van der Waals surface area (Å²) in [6, 6.07) is 14.7. The summed E-state index contributed by atoms with van der Waals surface area (Å²) in [6.45, 7) is -0.0288. The van der Waals surface area contributed by atoms with Crippen LogP contribution >= 0.6 is 0 Å². The number of ether oxygens (including phenoxy) is 1. The molecule has 2 aromatic carbocycles. The number of benzene rings is 2. The molecule has 4 nitrogen and oxygen atoms in total. The van der Waals surface area contributed by atoms with Crippen LogP contribution in [0.3, 0.4) is 0 Å². The minimum Gasteiger partial charge on any atom is -0.479 e. The first-order valence-corrected chi connectivity index (χ1v) is 6.32. The zero-order valence-corrected chi connectivity index (χ0v) is 11.2. The number of hydrogen-bond acceptors (Lipinski definition) is 3. The van der Waals surface area contributed by atoms with Crippen molar-refractivity contribution >= 4 is 11.6 Å². The van der Waals surface area contributed by atoms with Gasteiger partial charge >= 0.3 is 0 Å². The summed E-state index contributed by atoms with van der Waals surface area (Å²) in [5.74, 6) is -0.151. The summed E-state index contributed by atoms with van der Waals surface area (Å²) in [5.41, 5.74) is 0.935. The normalized spacial score (nSPS) is 9.71. The second-order valence-electron chi connectivity index (χ2n) is 4.29. The summed E-state index contributed by atoms with van der Waals surface area (Å²) < 4.78 is 18.5. The molecule has 106 valence electrons. The van der Waals surface area contributed by atoms with Crippen LogP contribution in [0.15, 0.2) is 48.5 Å². The van der Waals surface area contributed by atoms with Crippen LogP contribution in [0.5, 0.6) is 5.75 Å². The van der Waals surface area contributed by atoms with E-state index in [9.17, 15) is 9.18 Å². The molecule has 0 radical (unpaired) electrons. The number of amides is 1. The fourth-order valence-corrected chi connectivity index (χ4v) is 1.77. The summed E-state index contributed by atoms with van der Waals surface area (Å²) in [5, 5.41) is 11.1. The topological polar surface area (TPSA) is 62.1 Å². The van der Waals surface area contributed by atoms with Gasteiger partial charge in [-0.15, -0.1) is 0 Å². The van der Waals surface area contributed by atoms with Gasteiger partial charge in [-0.1, -0.05) is 18.2 Å². The molecule has 1 amide bonds. The molecule has 0 aliphatic carbocycles. The van der Waals surface area contributed by atoms with Crippen molar-refractivity contribution in [3.63, 3.8) is 0 Å². The quantitative estimate of drug-likeness (QED) is 0.918. The molecule has 2 rings (SSSR count). The number of nitrogens with zero attached hydrogens (tertiary/aromatic N) is 1. The van der Waals surface area contributed by atoms with Crippen LogP contribution in [-0.2, 0) is 11.2 Å². The molecule has 21 heavy (non-hydrogen) atoms. The van der Waals surface area contributed by atoms with Gasteiger partial charge in [0.1, 0.15) is 17.6 Å². The van der Waals surface area contributed by atoms with E-state index in [1.165, 1.54) is 6.07 Å². The van der Waals surface area contributed by atoms with Crippen molar-refractivity contribution in [3.8, 4) is 11.8 Å². The minimum absolute atomic E-state index is 0.0284. The molecule has 0 saturated carbocycles. The fourth-order valence-electron chi connectivity index (χ4n) is 1.77. The molecular formula is C16H13FN2O2. The number of rotatable bonds is 5. The second kappa shape index (κ2) is 7.06. The first-order valence-electron chi connectivity index (χ1n) is 6.32. The summed E-state index contributed by atoms with van der Waals surface area (Å²) in [7, 11) is 0. The highest BCUT2D eigenvalue weighted by Gasteiger charge is 2.08. The van der Waals surface area contributed by atoms with Crippen LogP contribution < -0.4 is 10.1 Å². The summed E-state index contributed by atoms with van der Waals surface area (Å²) in [4.78, 5) is 11.8. The van der Waals surface area contributed by atoms with Gasteiger partial charge in [0.25, 0.3) is 0 Å². The van der Waals surface area contributed by atoms with Crippen LogP contribution in [0.2, 0.25) is 0 Å². The van der Waals surface area contributed by atoms with Gasteiger partial charge in [0.05, 0.1) is 6.42 Å². The minimum atomic E-state index is -0.395. The van der Waals surface area contributed by atoms with E-state index in [2.05, 4.69) is 5.32 Å². The fraction of sp³-hybridized carbons (Fsp3) is 0.125. The van der Waals surface area contributed by atoms with Crippen molar-refractivity contribution < 1.29 is 13.9 Å². The van der Waals surface area contributed by atoms with Crippen molar-refractivity contribution in [2.75, 3.05) is 11.9 Å². The average molecular weight is 284 g/mol. The van der Waals surface area contributed by atoms with Gasteiger partial charge in [-0.2, -0.15) is 5.26 Å². The van der Waals surface area contributed by atoms with Crippen LogP contribution in [0.25, 0.3) is 0 Å². The van der Waals surface area contributed by atoms with Gasteiger partial charge < -0.3 is 10.1 Å². The van der Waals surface area contributed by atoms with E-state index in [-0.39, 0.29) is 18.9 Å². The zero-order valence-electron chi connectivity index (χ0n) is 11.2. The van der Waals surface area contributed by atoms with E-state index >= 15 is 0 Å². The van der Waals surface area contributed by atoms with Gasteiger partial charge in [0, 0.05) is 5.69 Å². The standard InChI is InChI=1S/C16H13FN2O2/c17-15-4-2-1-3-12(15)11-16(20)19-13-5-7-14(8-6-13)21-10-9-18/h1-8H,10-11H2,(H,19,20). The second-order valence-corrected chi connectivity index (χ2v) is 4.29. The number of carbonyl (C=O) groups excluding carboxylic acids is 1. The molecule has 0 aromatic heterocycles. The molecule has 0 spiro atoms. The molecule has 0 fully saturated rings. The Labute approximate surface area is 121 Å². The SMILES string of the molecule is N#CCOc1ccc(NC(=O)Cc2ccccc2F)cc1. The number of carbonyl (C=O) groups is 1. The third-order valence-corrected chi connectivity index (χ3v) is 2.75. The molecule has 0 unspecified atom stereocenters. The van der Waals surface area contributed by atoms with Crippen LogP contribution in [0, 0.1) is 17.1 Å². The molecular weight excluding hydrogens is 271 g/mol. The van der Waals surface area contributed by atoms with Crippen molar-refractivity contribution in [2.45, 2.75) is 6.42 Å². The number of nitrogens with one attached hydrogen (secondary N) is 1. The van der Waals surface area contributed by atoms with Gasteiger partial charge in [-0.3, -0.25) is 4.79 Å². The third kappa shape index (κ3) is 4.32. The highest BCUT2D eigenvalue weighted by Crippen LogP contribution is 2.16. The lowest BCUT2D eigenvalue weighted by atomic mass is 10.1. The maximum Gasteiger partial charge on any atom is 0.228 e. The maximum atomic E-state index is 13.4. The van der Waals surface area contributed by atoms with E-state index in [4.69, 9.17) is 10.00 Å². The number of anilines is 1. The Bertz CT molecular complexity index is 663. The lowest BCUT2D eigenvalue weighted by Gasteiger charge is -2.07. The summed E-state index contributed by atoms with van der Waals surface area (Å²) >= 11 is 0. The Morgan fingerprint density at radius 2 is 1.90 bits per heavy atom. The molecule has 0 heterocycles. The Hall–Kier alpha value is -2.87. The van der Waals surface area contributed by atoms with Crippen molar-refractivity contribution in [1.29, 1.82) is 5.26 Å². The molecule has 5 heteroatoms. The molecule has 0 atom stereocenters. The monoisotopic (exact) mass is 284 g/mol. The number of halogens is 1. The smallest absolute Gasteiger partial charge is 0.228 e. The Balaban J connectivity index is 1.94. The molecule has 0 aliphatic rings. The van der Waals surface area contributed by atoms with Gasteiger partial charge in [0.2, 0.25) is 5.91 Å². The van der Waals surface area contributed by atoms with Crippen molar-refractivity contribution in [2.24, 2.45) is 0 Å². The largest absolute Gasteiger partial charge is 0.479 e. The van der Waals surface area contributed by atoms with Crippen LogP contribution in [0.4, 0.5) is 10.1 Å². The summed E-state index contributed by atoms with van der Waals surface area (Å²) in [6.07, 6.45) is -0.0284. The number of hydrogen-bond donors (Lipinski definition) is 1. The van der Waals surface area contributed by atoms with Gasteiger partial charge in [-0.25, -0.2) is 4.39 Å². The average Bonchev–Trinajstić information content (AvgIpc) is 2.49. The highest BCUT2D eigenvalue weighted by atomic mass is 19.1. The van der Waals surface area contributed by atoms with Crippen LogP contribution in [0.1, 0.15) is 5.56 Å². The number of nitriles is 1. The first kappa shape index (κ1) is 14.5. The Morgan fingerprint density at radius 1 is 1.19 bits per heavy atom. The van der Waals surface area contributed by atoms with Crippen molar-refractivity contribution in [3.05, 3.63) is 59.9 Å². The lowest BCUT2D eigenvalue weighted by molar-refractivity contribution is -0.115. The van der Waals surface area contributed by atoms with E-state index in [0.717, 1.165) is 0 Å². The maximum absolute atomic E-state index is 13.4. The molecule has 2 aromatic rings. The first-order chi connectivity index (χ1) is 10.2. The third-order valence-electron chi connectivity index (χ3n) is 2.75. The van der Waals surface area contributed by atoms with E-state index in [1.54, 1.807) is 42.5 Å². The molecule has 1 N–H and O–H groups in total. The van der Waals surface area contributed by atoms with E-state index in [1.807, 2.05) is 6.07 Å². The van der Waals surface area contributed by atoms with Gasteiger partial charge in [-0.05, 0) is 35.9 Å². The van der Waals surface area contributed by atoms with Crippen LogP contribution in [-0.4, -0.2) is 12.5 Å². The molecule has 0 aliphatic heterocycles.